The number of anilines is 1. The van der Waals surface area contributed by atoms with Crippen LogP contribution in [0.1, 0.15) is 10.5 Å². The number of nitrogens with zero attached hydrogens (tertiary/aromatic N) is 2. The molecule has 92 valence electrons. The summed E-state index contributed by atoms with van der Waals surface area (Å²) in [6.07, 6.45) is 4.22. The molecule has 7 nitrogen and oxygen atoms in total. The molecular formula is C10H7BrN4O3. The van der Waals surface area contributed by atoms with Crippen LogP contribution in [0.4, 0.5) is 11.4 Å². The van der Waals surface area contributed by atoms with E-state index in [1.807, 2.05) is 0 Å². The summed E-state index contributed by atoms with van der Waals surface area (Å²) in [5.74, 6) is -0.463. The zero-order valence-corrected chi connectivity index (χ0v) is 10.5. The van der Waals surface area contributed by atoms with E-state index in [2.05, 4.69) is 31.2 Å². The number of H-pyrrole nitrogens is 1. The van der Waals surface area contributed by atoms with E-state index in [0.29, 0.717) is 10.2 Å². The summed E-state index contributed by atoms with van der Waals surface area (Å²) in [6, 6.07) is 2.78. The Bertz CT molecular complexity index is 611. The van der Waals surface area contributed by atoms with E-state index in [0.717, 1.165) is 6.20 Å². The Labute approximate surface area is 110 Å². The van der Waals surface area contributed by atoms with Crippen LogP contribution < -0.4 is 5.32 Å². The van der Waals surface area contributed by atoms with E-state index in [-0.39, 0.29) is 11.4 Å². The van der Waals surface area contributed by atoms with Crippen molar-refractivity contribution >= 4 is 33.2 Å². The summed E-state index contributed by atoms with van der Waals surface area (Å²) >= 11 is 3.23. The average Bonchev–Trinajstić information content (AvgIpc) is 2.81. The van der Waals surface area contributed by atoms with Gasteiger partial charge >= 0.3 is 0 Å². The van der Waals surface area contributed by atoms with Gasteiger partial charge in [0.05, 0.1) is 21.3 Å². The van der Waals surface area contributed by atoms with Gasteiger partial charge in [0.15, 0.2) is 0 Å². The number of rotatable bonds is 3. The molecule has 0 aliphatic heterocycles. The minimum Gasteiger partial charge on any atom is -0.351 e. The number of carbonyl (C=O) groups is 1. The molecule has 0 aromatic carbocycles. The standard InChI is InChI=1S/C10H7BrN4O3/c11-7-5-12-2-1-8(7)14-10(16)9-3-6(4-13-9)15(17)18/h1-5,13H,(H,12,14,16). The highest BCUT2D eigenvalue weighted by molar-refractivity contribution is 9.10. The highest BCUT2D eigenvalue weighted by atomic mass is 79.9. The van der Waals surface area contributed by atoms with Crippen molar-refractivity contribution in [3.63, 3.8) is 0 Å². The van der Waals surface area contributed by atoms with Crippen LogP contribution in [-0.4, -0.2) is 20.8 Å². The smallest absolute Gasteiger partial charge is 0.287 e. The first kappa shape index (κ1) is 12.2. The predicted octanol–water partition coefficient (Wildman–Crippen LogP) is 2.33. The number of amides is 1. The minimum atomic E-state index is -0.574. The normalized spacial score (nSPS) is 10.1. The van der Waals surface area contributed by atoms with Gasteiger partial charge in [0, 0.05) is 18.5 Å². The molecule has 2 N–H and O–H groups in total. The zero-order valence-electron chi connectivity index (χ0n) is 8.88. The van der Waals surface area contributed by atoms with Crippen LogP contribution in [-0.2, 0) is 0 Å². The molecule has 8 heteroatoms. The zero-order chi connectivity index (χ0) is 13.1. The summed E-state index contributed by atoms with van der Waals surface area (Å²) in [7, 11) is 0. The van der Waals surface area contributed by atoms with Crippen LogP contribution >= 0.6 is 15.9 Å². The highest BCUT2D eigenvalue weighted by Gasteiger charge is 2.15. The molecule has 2 aromatic heterocycles. The first-order chi connectivity index (χ1) is 8.58. The summed E-state index contributed by atoms with van der Waals surface area (Å²) in [6.45, 7) is 0. The molecule has 0 saturated carbocycles. The van der Waals surface area contributed by atoms with Crippen molar-refractivity contribution in [3.05, 3.63) is 51.0 Å². The van der Waals surface area contributed by atoms with Crippen molar-refractivity contribution in [3.8, 4) is 0 Å². The lowest BCUT2D eigenvalue weighted by Crippen LogP contribution is -2.12. The average molecular weight is 311 g/mol. The Kier molecular flexibility index (Phi) is 3.38. The number of pyridine rings is 1. The van der Waals surface area contributed by atoms with Crippen molar-refractivity contribution in [2.24, 2.45) is 0 Å². The van der Waals surface area contributed by atoms with Crippen LogP contribution in [0.25, 0.3) is 0 Å². The molecule has 0 aliphatic rings. The number of hydrogen-bond acceptors (Lipinski definition) is 4. The van der Waals surface area contributed by atoms with Gasteiger partial charge in [-0.05, 0) is 22.0 Å². The third kappa shape index (κ3) is 2.54. The van der Waals surface area contributed by atoms with Gasteiger partial charge in [-0.15, -0.1) is 0 Å². The molecule has 2 heterocycles. The molecular weight excluding hydrogens is 304 g/mol. The fourth-order valence-electron chi connectivity index (χ4n) is 1.29. The molecule has 2 rings (SSSR count). The van der Waals surface area contributed by atoms with Gasteiger partial charge in [0.25, 0.3) is 11.6 Å². The van der Waals surface area contributed by atoms with E-state index >= 15 is 0 Å². The molecule has 2 aromatic rings. The molecule has 0 bridgehead atoms. The number of carbonyl (C=O) groups excluding carboxylic acids is 1. The van der Waals surface area contributed by atoms with Crippen LogP contribution in [0.15, 0.2) is 35.2 Å². The SMILES string of the molecule is O=C(Nc1ccncc1Br)c1cc([N+](=O)[O-])c[nH]1. The molecule has 0 fully saturated rings. The maximum Gasteiger partial charge on any atom is 0.287 e. The number of nitro groups is 1. The quantitative estimate of drug-likeness (QED) is 0.671. The fourth-order valence-corrected chi connectivity index (χ4v) is 1.64. The lowest BCUT2D eigenvalue weighted by Gasteiger charge is -2.04. The van der Waals surface area contributed by atoms with Crippen molar-refractivity contribution in [1.82, 2.24) is 9.97 Å². The molecule has 1 amide bonds. The molecule has 18 heavy (non-hydrogen) atoms. The third-order valence-electron chi connectivity index (χ3n) is 2.14. The highest BCUT2D eigenvalue weighted by Crippen LogP contribution is 2.21. The fraction of sp³-hybridized carbons (Fsp3) is 0. The van der Waals surface area contributed by atoms with Crippen molar-refractivity contribution in [2.75, 3.05) is 5.32 Å². The first-order valence-electron chi connectivity index (χ1n) is 4.81. The van der Waals surface area contributed by atoms with E-state index in [9.17, 15) is 14.9 Å². The molecule has 0 spiro atoms. The Balaban J connectivity index is 2.17. The van der Waals surface area contributed by atoms with Gasteiger partial charge in [-0.2, -0.15) is 0 Å². The lowest BCUT2D eigenvalue weighted by atomic mass is 10.3. The van der Waals surface area contributed by atoms with Gasteiger partial charge < -0.3 is 10.3 Å². The topological polar surface area (TPSA) is 101 Å². The largest absolute Gasteiger partial charge is 0.351 e. The van der Waals surface area contributed by atoms with E-state index in [4.69, 9.17) is 0 Å². The number of aromatic amines is 1. The van der Waals surface area contributed by atoms with E-state index in [1.165, 1.54) is 18.5 Å². The van der Waals surface area contributed by atoms with Crippen LogP contribution in [0, 0.1) is 10.1 Å². The minimum absolute atomic E-state index is 0.116. The van der Waals surface area contributed by atoms with Crippen molar-refractivity contribution in [2.45, 2.75) is 0 Å². The first-order valence-corrected chi connectivity index (χ1v) is 5.61. The number of halogens is 1. The molecule has 0 saturated heterocycles. The summed E-state index contributed by atoms with van der Waals surface area (Å²) < 4.78 is 0.624. The predicted molar refractivity (Wildman–Crippen MR) is 67.3 cm³/mol. The van der Waals surface area contributed by atoms with Crippen molar-refractivity contribution < 1.29 is 9.72 Å². The second-order valence-corrected chi connectivity index (χ2v) is 4.19. The third-order valence-corrected chi connectivity index (χ3v) is 2.78. The molecule has 0 radical (unpaired) electrons. The van der Waals surface area contributed by atoms with Gasteiger partial charge in [-0.1, -0.05) is 0 Å². The van der Waals surface area contributed by atoms with Gasteiger partial charge in [0.2, 0.25) is 0 Å². The number of nitrogens with one attached hydrogen (secondary N) is 2. The molecule has 0 aliphatic carbocycles. The van der Waals surface area contributed by atoms with Gasteiger partial charge in [-0.3, -0.25) is 19.9 Å². The Morgan fingerprint density at radius 1 is 1.56 bits per heavy atom. The van der Waals surface area contributed by atoms with Crippen LogP contribution in [0.2, 0.25) is 0 Å². The van der Waals surface area contributed by atoms with Crippen LogP contribution in [0.5, 0.6) is 0 Å². The lowest BCUT2D eigenvalue weighted by molar-refractivity contribution is -0.384. The number of aromatic nitrogens is 2. The van der Waals surface area contributed by atoms with Gasteiger partial charge in [0.1, 0.15) is 5.69 Å². The maximum atomic E-state index is 11.8. The Morgan fingerprint density at radius 2 is 2.33 bits per heavy atom. The Morgan fingerprint density at radius 3 is 2.94 bits per heavy atom. The summed E-state index contributed by atoms with van der Waals surface area (Å²) in [4.78, 5) is 28.1. The second-order valence-electron chi connectivity index (χ2n) is 3.34. The molecule has 0 atom stereocenters. The summed E-state index contributed by atoms with van der Waals surface area (Å²) in [5.41, 5.74) is 0.492. The Hall–Kier alpha value is -2.22. The maximum absolute atomic E-state index is 11.8. The van der Waals surface area contributed by atoms with E-state index in [1.54, 1.807) is 6.07 Å². The van der Waals surface area contributed by atoms with Crippen molar-refractivity contribution in [1.29, 1.82) is 0 Å². The second kappa shape index (κ2) is 4.96. The van der Waals surface area contributed by atoms with Gasteiger partial charge in [-0.25, -0.2) is 0 Å². The summed E-state index contributed by atoms with van der Waals surface area (Å²) in [5, 5.41) is 13.1. The molecule has 0 unspecified atom stereocenters. The monoisotopic (exact) mass is 310 g/mol. The van der Waals surface area contributed by atoms with E-state index < -0.39 is 10.8 Å². The van der Waals surface area contributed by atoms with Crippen LogP contribution in [0.3, 0.4) is 0 Å². The number of hydrogen-bond donors (Lipinski definition) is 2.